The van der Waals surface area contributed by atoms with Crippen molar-refractivity contribution in [2.45, 2.75) is 19.0 Å². The van der Waals surface area contributed by atoms with Gasteiger partial charge in [0.15, 0.2) is 0 Å². The van der Waals surface area contributed by atoms with E-state index in [-0.39, 0.29) is 12.4 Å². The van der Waals surface area contributed by atoms with Crippen molar-refractivity contribution in [2.75, 3.05) is 0 Å². The molecule has 5 rings (SSSR count). The van der Waals surface area contributed by atoms with Gasteiger partial charge in [-0.25, -0.2) is 9.48 Å². The Morgan fingerprint density at radius 3 is 2.78 bits per heavy atom. The molecule has 2 aromatic heterocycles. The number of nitrogens with one attached hydrogen (secondary N) is 1. The maximum Gasteiger partial charge on any atom is 0.325 e. The molecule has 1 fully saturated rings. The molecule has 3 heterocycles. The van der Waals surface area contributed by atoms with Gasteiger partial charge in [0.05, 0.1) is 5.69 Å². The summed E-state index contributed by atoms with van der Waals surface area (Å²) in [5.74, 6) is -0.0134. The van der Waals surface area contributed by atoms with Crippen molar-refractivity contribution in [1.82, 2.24) is 40.6 Å². The van der Waals surface area contributed by atoms with Crippen LogP contribution in [-0.4, -0.2) is 47.2 Å². The van der Waals surface area contributed by atoms with Crippen molar-refractivity contribution in [3.63, 3.8) is 0 Å². The van der Waals surface area contributed by atoms with Gasteiger partial charge in [0.1, 0.15) is 18.4 Å². The molecular formula is C20H15ClN8O3. The van der Waals surface area contributed by atoms with Crippen LogP contribution in [0.15, 0.2) is 59.4 Å². The Balaban J connectivity index is 1.39. The number of aromatic nitrogens is 6. The summed E-state index contributed by atoms with van der Waals surface area (Å²) in [4.78, 5) is 31.2. The zero-order valence-electron chi connectivity index (χ0n) is 16.6. The van der Waals surface area contributed by atoms with Gasteiger partial charge in [-0.05, 0) is 47.2 Å². The molecule has 1 aliphatic heterocycles. The highest BCUT2D eigenvalue weighted by atomic mass is 35.5. The van der Waals surface area contributed by atoms with E-state index >= 15 is 0 Å². The highest BCUT2D eigenvalue weighted by molar-refractivity contribution is 6.30. The lowest BCUT2D eigenvalue weighted by molar-refractivity contribution is -0.131. The maximum atomic E-state index is 13.2. The van der Waals surface area contributed by atoms with Crippen molar-refractivity contribution in [2.24, 2.45) is 0 Å². The first-order chi connectivity index (χ1) is 15.4. The van der Waals surface area contributed by atoms with Gasteiger partial charge in [-0.1, -0.05) is 41.0 Å². The number of hydrogen-bond donors (Lipinski definition) is 1. The van der Waals surface area contributed by atoms with E-state index in [1.807, 2.05) is 0 Å². The first-order valence-electron chi connectivity index (χ1n) is 9.50. The fourth-order valence-electron chi connectivity index (χ4n) is 3.47. The Kier molecular flexibility index (Phi) is 4.67. The number of nitrogens with zero attached hydrogens (tertiary/aromatic N) is 7. The van der Waals surface area contributed by atoms with Gasteiger partial charge in [-0.2, -0.15) is 4.98 Å². The van der Waals surface area contributed by atoms with E-state index in [2.05, 4.69) is 31.0 Å². The molecule has 12 heteroatoms. The van der Waals surface area contributed by atoms with Crippen LogP contribution in [0.5, 0.6) is 0 Å². The molecule has 0 spiro atoms. The van der Waals surface area contributed by atoms with Crippen LogP contribution in [0.1, 0.15) is 18.4 Å². The summed E-state index contributed by atoms with van der Waals surface area (Å²) in [7, 11) is 0. The zero-order valence-corrected chi connectivity index (χ0v) is 17.4. The standard InChI is InChI=1S/C20H15ClN8O3/c1-20(13-5-3-7-15(9-13)29-11-22-26-27-29)18(30)28(19(31)24-20)10-16-23-17(25-32-16)12-4-2-6-14(21)8-12/h2-9,11H,10H2,1H3,(H,24,31). The Morgan fingerprint density at radius 2 is 2.00 bits per heavy atom. The van der Waals surface area contributed by atoms with Crippen LogP contribution in [0.2, 0.25) is 5.02 Å². The lowest BCUT2D eigenvalue weighted by Gasteiger charge is -2.22. The van der Waals surface area contributed by atoms with Crippen LogP contribution in [0.4, 0.5) is 4.79 Å². The molecule has 0 aliphatic carbocycles. The second kappa shape index (κ2) is 7.54. The van der Waals surface area contributed by atoms with Gasteiger partial charge in [-0.15, -0.1) is 5.10 Å². The number of imide groups is 1. The molecule has 11 nitrogen and oxygen atoms in total. The van der Waals surface area contributed by atoms with Crippen LogP contribution in [0.25, 0.3) is 17.1 Å². The van der Waals surface area contributed by atoms with Gasteiger partial charge < -0.3 is 9.84 Å². The van der Waals surface area contributed by atoms with Crippen molar-refractivity contribution < 1.29 is 14.1 Å². The molecule has 1 aliphatic rings. The quantitative estimate of drug-likeness (QED) is 0.458. The second-order valence-electron chi connectivity index (χ2n) is 7.27. The van der Waals surface area contributed by atoms with Crippen LogP contribution in [0.3, 0.4) is 0 Å². The summed E-state index contributed by atoms with van der Waals surface area (Å²) in [6, 6.07) is 13.4. The molecule has 1 N–H and O–H groups in total. The van der Waals surface area contributed by atoms with Gasteiger partial charge in [-0.3, -0.25) is 9.69 Å². The van der Waals surface area contributed by atoms with E-state index < -0.39 is 17.5 Å². The number of tetrazole rings is 1. The van der Waals surface area contributed by atoms with Crippen molar-refractivity contribution in [3.8, 4) is 17.1 Å². The molecule has 1 unspecified atom stereocenters. The lowest BCUT2D eigenvalue weighted by atomic mass is 9.91. The lowest BCUT2D eigenvalue weighted by Crippen LogP contribution is -2.40. The molecule has 4 aromatic rings. The molecule has 0 bridgehead atoms. The topological polar surface area (TPSA) is 132 Å². The fourth-order valence-corrected chi connectivity index (χ4v) is 3.66. The van der Waals surface area contributed by atoms with Crippen molar-refractivity contribution in [1.29, 1.82) is 0 Å². The van der Waals surface area contributed by atoms with Crippen LogP contribution < -0.4 is 5.32 Å². The molecular weight excluding hydrogens is 436 g/mol. The van der Waals surface area contributed by atoms with Crippen LogP contribution >= 0.6 is 11.6 Å². The first kappa shape index (κ1) is 19.8. The second-order valence-corrected chi connectivity index (χ2v) is 7.71. The molecule has 3 amide bonds. The number of rotatable bonds is 5. The molecule has 1 saturated heterocycles. The summed E-state index contributed by atoms with van der Waals surface area (Å²) >= 11 is 6.01. The third-order valence-corrected chi connectivity index (χ3v) is 5.39. The monoisotopic (exact) mass is 450 g/mol. The summed E-state index contributed by atoms with van der Waals surface area (Å²) in [6.07, 6.45) is 1.44. The summed E-state index contributed by atoms with van der Waals surface area (Å²) in [6.45, 7) is 1.47. The molecule has 0 saturated carbocycles. The predicted molar refractivity (Wildman–Crippen MR) is 110 cm³/mol. The SMILES string of the molecule is CC1(c2cccc(-n3cnnn3)c2)NC(=O)N(Cc2nc(-c3cccc(Cl)c3)no2)C1=O. The Labute approximate surface area is 186 Å². The van der Waals surface area contributed by atoms with E-state index in [0.717, 1.165) is 4.90 Å². The number of benzene rings is 2. The van der Waals surface area contributed by atoms with Gasteiger partial charge >= 0.3 is 6.03 Å². The number of urea groups is 1. The minimum atomic E-state index is -1.28. The largest absolute Gasteiger partial charge is 0.337 e. The van der Waals surface area contributed by atoms with Crippen molar-refractivity contribution >= 4 is 23.5 Å². The molecule has 160 valence electrons. The van der Waals surface area contributed by atoms with E-state index in [1.54, 1.807) is 55.5 Å². The third kappa shape index (κ3) is 3.38. The van der Waals surface area contributed by atoms with Gasteiger partial charge in [0, 0.05) is 10.6 Å². The normalized spacial score (nSPS) is 18.2. The van der Waals surface area contributed by atoms with E-state index in [1.165, 1.54) is 11.0 Å². The Hall–Kier alpha value is -4.12. The minimum absolute atomic E-state index is 0.121. The zero-order chi connectivity index (χ0) is 22.3. The number of carbonyl (C=O) groups is 2. The summed E-state index contributed by atoms with van der Waals surface area (Å²) in [5, 5.41) is 18.3. The third-order valence-electron chi connectivity index (χ3n) is 5.16. The number of carbonyl (C=O) groups excluding carboxylic acids is 2. The Bertz CT molecular complexity index is 1320. The summed E-state index contributed by atoms with van der Waals surface area (Å²) in [5.41, 5.74) is 0.611. The predicted octanol–water partition coefficient (Wildman–Crippen LogP) is 2.33. The average Bonchev–Trinajstić information content (AvgIpc) is 3.53. The summed E-state index contributed by atoms with van der Waals surface area (Å²) < 4.78 is 6.72. The molecule has 1 atom stereocenters. The fraction of sp³-hybridized carbons (Fsp3) is 0.150. The van der Waals surface area contributed by atoms with E-state index in [4.69, 9.17) is 16.1 Å². The van der Waals surface area contributed by atoms with Crippen LogP contribution in [0, 0.1) is 0 Å². The highest BCUT2D eigenvalue weighted by Gasteiger charge is 2.49. The smallest absolute Gasteiger partial charge is 0.325 e. The van der Waals surface area contributed by atoms with E-state index in [9.17, 15) is 9.59 Å². The van der Waals surface area contributed by atoms with Crippen LogP contribution in [-0.2, 0) is 16.9 Å². The number of hydrogen-bond acceptors (Lipinski definition) is 8. The average molecular weight is 451 g/mol. The molecule has 32 heavy (non-hydrogen) atoms. The molecule has 0 radical (unpaired) electrons. The number of amides is 3. The van der Waals surface area contributed by atoms with Gasteiger partial charge in [0.2, 0.25) is 11.7 Å². The Morgan fingerprint density at radius 1 is 1.16 bits per heavy atom. The first-order valence-corrected chi connectivity index (χ1v) is 9.88. The maximum absolute atomic E-state index is 13.2. The van der Waals surface area contributed by atoms with Crippen molar-refractivity contribution in [3.05, 3.63) is 71.3 Å². The highest BCUT2D eigenvalue weighted by Crippen LogP contribution is 2.31. The number of halogens is 1. The van der Waals surface area contributed by atoms with Gasteiger partial charge in [0.25, 0.3) is 5.91 Å². The molecule has 2 aromatic carbocycles. The van der Waals surface area contributed by atoms with E-state index in [0.29, 0.717) is 27.7 Å². The minimum Gasteiger partial charge on any atom is -0.337 e.